The summed E-state index contributed by atoms with van der Waals surface area (Å²) in [5.41, 5.74) is 0. The molecule has 1 atom stereocenters. The standard InChI is InChI=1S/C12H17Cl2NO/c1-9(4-3-5-15-2)16-12-7-10(13)6-11(14)8-12/h6-9,15H,3-5H2,1-2H3. The maximum Gasteiger partial charge on any atom is 0.122 e. The molecule has 1 aromatic carbocycles. The summed E-state index contributed by atoms with van der Waals surface area (Å²) in [4.78, 5) is 0. The predicted octanol–water partition coefficient (Wildman–Crippen LogP) is 3.76. The Balaban J connectivity index is 2.45. The van der Waals surface area contributed by atoms with Gasteiger partial charge in [-0.05, 0) is 51.6 Å². The second-order valence-electron chi connectivity index (χ2n) is 3.78. The van der Waals surface area contributed by atoms with Crippen molar-refractivity contribution in [2.45, 2.75) is 25.9 Å². The first kappa shape index (κ1) is 13.6. The van der Waals surface area contributed by atoms with Crippen LogP contribution in [0.2, 0.25) is 10.0 Å². The van der Waals surface area contributed by atoms with Crippen molar-refractivity contribution in [3.63, 3.8) is 0 Å². The summed E-state index contributed by atoms with van der Waals surface area (Å²) in [6, 6.07) is 5.26. The maximum atomic E-state index is 5.89. The third-order valence-corrected chi connectivity index (χ3v) is 2.65. The summed E-state index contributed by atoms with van der Waals surface area (Å²) in [5, 5.41) is 4.31. The fourth-order valence-corrected chi connectivity index (χ4v) is 1.96. The van der Waals surface area contributed by atoms with Gasteiger partial charge in [-0.1, -0.05) is 23.2 Å². The Bertz CT molecular complexity index is 311. The summed E-state index contributed by atoms with van der Waals surface area (Å²) in [5.74, 6) is 0.731. The van der Waals surface area contributed by atoms with Crippen LogP contribution < -0.4 is 10.1 Å². The van der Waals surface area contributed by atoms with Gasteiger partial charge in [-0.2, -0.15) is 0 Å². The molecule has 0 aliphatic rings. The molecule has 1 unspecified atom stereocenters. The van der Waals surface area contributed by atoms with Crippen LogP contribution in [0.25, 0.3) is 0 Å². The van der Waals surface area contributed by atoms with Gasteiger partial charge in [0.25, 0.3) is 0 Å². The summed E-state index contributed by atoms with van der Waals surface area (Å²) in [6.45, 7) is 3.05. The van der Waals surface area contributed by atoms with Crippen LogP contribution in [0.5, 0.6) is 5.75 Å². The molecule has 0 heterocycles. The van der Waals surface area contributed by atoms with Crippen molar-refractivity contribution in [1.29, 1.82) is 0 Å². The van der Waals surface area contributed by atoms with Crippen LogP contribution in [-0.2, 0) is 0 Å². The Kier molecular flexibility index (Phi) is 5.96. The molecule has 0 bridgehead atoms. The molecule has 16 heavy (non-hydrogen) atoms. The van der Waals surface area contributed by atoms with E-state index in [4.69, 9.17) is 27.9 Å². The molecular weight excluding hydrogens is 245 g/mol. The molecule has 0 spiro atoms. The Morgan fingerprint density at radius 1 is 1.25 bits per heavy atom. The molecule has 90 valence electrons. The summed E-state index contributed by atoms with van der Waals surface area (Å²) < 4.78 is 5.73. The van der Waals surface area contributed by atoms with Crippen molar-refractivity contribution in [1.82, 2.24) is 5.32 Å². The Hall–Kier alpha value is -0.440. The molecule has 0 aromatic heterocycles. The number of benzene rings is 1. The van der Waals surface area contributed by atoms with Crippen LogP contribution in [0.4, 0.5) is 0 Å². The van der Waals surface area contributed by atoms with E-state index in [1.54, 1.807) is 18.2 Å². The molecule has 1 rings (SSSR count). The van der Waals surface area contributed by atoms with Crippen molar-refractivity contribution < 1.29 is 4.74 Å². The van der Waals surface area contributed by atoms with Gasteiger partial charge in [-0.15, -0.1) is 0 Å². The van der Waals surface area contributed by atoms with E-state index < -0.39 is 0 Å². The Morgan fingerprint density at radius 3 is 2.44 bits per heavy atom. The lowest BCUT2D eigenvalue weighted by molar-refractivity contribution is 0.208. The van der Waals surface area contributed by atoms with Crippen LogP contribution >= 0.6 is 23.2 Å². The fraction of sp³-hybridized carbons (Fsp3) is 0.500. The number of rotatable bonds is 6. The summed E-state index contributed by atoms with van der Waals surface area (Å²) in [6.07, 6.45) is 2.26. The van der Waals surface area contributed by atoms with Gasteiger partial charge in [-0.25, -0.2) is 0 Å². The van der Waals surface area contributed by atoms with Gasteiger partial charge in [-0.3, -0.25) is 0 Å². The van der Waals surface area contributed by atoms with Crippen LogP contribution in [0.1, 0.15) is 19.8 Å². The van der Waals surface area contributed by atoms with Gasteiger partial charge < -0.3 is 10.1 Å². The quantitative estimate of drug-likeness (QED) is 0.788. The van der Waals surface area contributed by atoms with Crippen molar-refractivity contribution in [2.75, 3.05) is 13.6 Å². The Morgan fingerprint density at radius 2 is 1.88 bits per heavy atom. The number of halogens is 2. The normalized spacial score (nSPS) is 12.5. The average molecular weight is 262 g/mol. The van der Waals surface area contributed by atoms with Crippen LogP contribution in [0.15, 0.2) is 18.2 Å². The lowest BCUT2D eigenvalue weighted by Crippen LogP contribution is -2.15. The first-order valence-corrected chi connectivity index (χ1v) is 6.14. The number of nitrogens with one attached hydrogen (secondary N) is 1. The van der Waals surface area contributed by atoms with E-state index in [0.29, 0.717) is 10.0 Å². The number of ether oxygens (including phenoxy) is 1. The molecule has 0 saturated heterocycles. The molecule has 0 radical (unpaired) electrons. The van der Waals surface area contributed by atoms with Crippen LogP contribution in [-0.4, -0.2) is 19.7 Å². The largest absolute Gasteiger partial charge is 0.491 e. The minimum atomic E-state index is 0.169. The van der Waals surface area contributed by atoms with Gasteiger partial charge >= 0.3 is 0 Å². The van der Waals surface area contributed by atoms with Crippen LogP contribution in [0, 0.1) is 0 Å². The van der Waals surface area contributed by atoms with E-state index in [-0.39, 0.29) is 6.10 Å². The van der Waals surface area contributed by atoms with Gasteiger partial charge in [0.2, 0.25) is 0 Å². The molecule has 1 N–H and O–H groups in total. The molecule has 0 saturated carbocycles. The molecule has 0 amide bonds. The highest BCUT2D eigenvalue weighted by molar-refractivity contribution is 6.34. The highest BCUT2D eigenvalue weighted by atomic mass is 35.5. The summed E-state index contributed by atoms with van der Waals surface area (Å²) in [7, 11) is 1.95. The van der Waals surface area contributed by atoms with Gasteiger partial charge in [0, 0.05) is 10.0 Å². The zero-order chi connectivity index (χ0) is 12.0. The molecule has 0 aliphatic heterocycles. The van der Waals surface area contributed by atoms with Crippen molar-refractivity contribution in [3.05, 3.63) is 28.2 Å². The van der Waals surface area contributed by atoms with Gasteiger partial charge in [0.05, 0.1) is 6.10 Å². The monoisotopic (exact) mass is 261 g/mol. The molecule has 1 aromatic rings. The molecule has 0 aliphatic carbocycles. The van der Waals surface area contributed by atoms with E-state index in [0.717, 1.165) is 25.1 Å². The molecule has 4 heteroatoms. The second-order valence-corrected chi connectivity index (χ2v) is 4.65. The predicted molar refractivity (Wildman–Crippen MR) is 69.7 cm³/mol. The minimum absolute atomic E-state index is 0.169. The Labute approximate surface area is 107 Å². The van der Waals surface area contributed by atoms with Crippen LogP contribution in [0.3, 0.4) is 0 Å². The van der Waals surface area contributed by atoms with E-state index in [1.807, 2.05) is 14.0 Å². The zero-order valence-corrected chi connectivity index (χ0v) is 11.1. The van der Waals surface area contributed by atoms with E-state index in [2.05, 4.69) is 5.32 Å². The summed E-state index contributed by atoms with van der Waals surface area (Å²) >= 11 is 11.8. The zero-order valence-electron chi connectivity index (χ0n) is 9.59. The van der Waals surface area contributed by atoms with Crippen molar-refractivity contribution in [3.8, 4) is 5.75 Å². The first-order chi connectivity index (χ1) is 7.61. The molecule has 2 nitrogen and oxygen atoms in total. The SMILES string of the molecule is CNCCCC(C)Oc1cc(Cl)cc(Cl)c1. The van der Waals surface area contributed by atoms with Gasteiger partial charge in [0.15, 0.2) is 0 Å². The molecular formula is C12H17Cl2NO. The van der Waals surface area contributed by atoms with E-state index >= 15 is 0 Å². The van der Waals surface area contributed by atoms with Crippen molar-refractivity contribution >= 4 is 23.2 Å². The lowest BCUT2D eigenvalue weighted by Gasteiger charge is -2.15. The third kappa shape index (κ3) is 5.06. The molecule has 0 fully saturated rings. The average Bonchev–Trinajstić information content (AvgIpc) is 2.16. The highest BCUT2D eigenvalue weighted by Crippen LogP contribution is 2.25. The van der Waals surface area contributed by atoms with E-state index in [9.17, 15) is 0 Å². The van der Waals surface area contributed by atoms with Gasteiger partial charge in [0.1, 0.15) is 5.75 Å². The topological polar surface area (TPSA) is 21.3 Å². The first-order valence-electron chi connectivity index (χ1n) is 5.39. The number of hydrogen-bond donors (Lipinski definition) is 1. The third-order valence-electron chi connectivity index (χ3n) is 2.21. The van der Waals surface area contributed by atoms with E-state index in [1.165, 1.54) is 0 Å². The minimum Gasteiger partial charge on any atom is -0.491 e. The van der Waals surface area contributed by atoms with Crippen molar-refractivity contribution in [2.24, 2.45) is 0 Å². The smallest absolute Gasteiger partial charge is 0.122 e. The lowest BCUT2D eigenvalue weighted by atomic mass is 10.2. The fourth-order valence-electron chi connectivity index (χ4n) is 1.45. The maximum absolute atomic E-state index is 5.89. The highest BCUT2D eigenvalue weighted by Gasteiger charge is 2.05. The number of hydrogen-bond acceptors (Lipinski definition) is 2. The second kappa shape index (κ2) is 7.00.